The molecule has 1 aliphatic carbocycles. The van der Waals surface area contributed by atoms with Crippen molar-refractivity contribution in [2.24, 2.45) is 5.92 Å². The number of aryl methyl sites for hydroxylation is 1. The van der Waals surface area contributed by atoms with Crippen LogP contribution in [0.15, 0.2) is 18.2 Å². The Hall–Kier alpha value is -1.84. The second-order valence-electron chi connectivity index (χ2n) is 6.61. The number of nitrogens with zero attached hydrogens (tertiary/aromatic N) is 2. The second kappa shape index (κ2) is 6.11. The number of aromatic nitrogens is 2. The number of amides is 1. The molecule has 2 aromatic rings. The lowest BCUT2D eigenvalue weighted by atomic mass is 9.85. The third kappa shape index (κ3) is 2.87. The van der Waals surface area contributed by atoms with Crippen LogP contribution < -0.4 is 5.32 Å². The van der Waals surface area contributed by atoms with Crippen LogP contribution in [0.25, 0.3) is 11.0 Å². The van der Waals surface area contributed by atoms with Gasteiger partial charge in [-0.3, -0.25) is 4.79 Å². The third-order valence-electron chi connectivity index (χ3n) is 4.64. The average molecular weight is 299 g/mol. The van der Waals surface area contributed by atoms with Crippen LogP contribution in [0, 0.1) is 12.8 Å². The van der Waals surface area contributed by atoms with E-state index in [2.05, 4.69) is 53.8 Å². The van der Waals surface area contributed by atoms with E-state index >= 15 is 0 Å². The van der Waals surface area contributed by atoms with Gasteiger partial charge in [-0.2, -0.15) is 0 Å². The van der Waals surface area contributed by atoms with E-state index in [0.29, 0.717) is 12.6 Å². The Morgan fingerprint density at radius 2 is 2.18 bits per heavy atom. The number of benzene rings is 1. The fourth-order valence-electron chi connectivity index (χ4n) is 3.22. The summed E-state index contributed by atoms with van der Waals surface area (Å²) in [5, 5.41) is 3.05. The minimum atomic E-state index is 0.229. The van der Waals surface area contributed by atoms with Crippen molar-refractivity contribution in [1.82, 2.24) is 14.9 Å². The molecule has 1 saturated carbocycles. The molecule has 1 N–H and O–H groups in total. The van der Waals surface area contributed by atoms with Gasteiger partial charge in [-0.25, -0.2) is 4.98 Å². The first-order valence-electron chi connectivity index (χ1n) is 8.31. The maximum Gasteiger partial charge on any atom is 0.223 e. The summed E-state index contributed by atoms with van der Waals surface area (Å²) >= 11 is 0. The Labute approximate surface area is 131 Å². The summed E-state index contributed by atoms with van der Waals surface area (Å²) in [4.78, 5) is 16.5. The van der Waals surface area contributed by atoms with Crippen LogP contribution in [0.5, 0.6) is 0 Å². The molecular weight excluding hydrogens is 274 g/mol. The average Bonchev–Trinajstić information content (AvgIpc) is 2.71. The molecule has 4 heteroatoms. The van der Waals surface area contributed by atoms with Gasteiger partial charge >= 0.3 is 0 Å². The van der Waals surface area contributed by atoms with Crippen LogP contribution in [-0.2, 0) is 11.2 Å². The van der Waals surface area contributed by atoms with E-state index in [9.17, 15) is 4.79 Å². The molecule has 0 bridgehead atoms. The largest absolute Gasteiger partial charge is 0.356 e. The molecule has 0 atom stereocenters. The standard InChI is InChI=1S/C18H25N3O/c1-12(2)21-13(3)20-16-11-14(7-8-17(16)21)9-10-19-18(22)15-5-4-6-15/h7-8,11-12,15H,4-6,9-10H2,1-3H3,(H,19,22). The molecule has 0 unspecified atom stereocenters. The van der Waals surface area contributed by atoms with Crippen molar-refractivity contribution in [3.63, 3.8) is 0 Å². The minimum Gasteiger partial charge on any atom is -0.356 e. The van der Waals surface area contributed by atoms with E-state index in [4.69, 9.17) is 0 Å². The molecule has 1 amide bonds. The molecule has 118 valence electrons. The Kier molecular flexibility index (Phi) is 4.19. The topological polar surface area (TPSA) is 46.9 Å². The van der Waals surface area contributed by atoms with Gasteiger partial charge in [-0.15, -0.1) is 0 Å². The predicted molar refractivity (Wildman–Crippen MR) is 88.9 cm³/mol. The quantitative estimate of drug-likeness (QED) is 0.920. The van der Waals surface area contributed by atoms with Crippen LogP contribution in [0.4, 0.5) is 0 Å². The highest BCUT2D eigenvalue weighted by Crippen LogP contribution is 2.26. The van der Waals surface area contributed by atoms with E-state index in [1.807, 2.05) is 0 Å². The first-order valence-corrected chi connectivity index (χ1v) is 8.31. The summed E-state index contributed by atoms with van der Waals surface area (Å²) in [5.41, 5.74) is 3.47. The normalized spacial score (nSPS) is 15.3. The van der Waals surface area contributed by atoms with Gasteiger partial charge in [0.25, 0.3) is 0 Å². The van der Waals surface area contributed by atoms with Gasteiger partial charge in [0.15, 0.2) is 0 Å². The minimum absolute atomic E-state index is 0.229. The van der Waals surface area contributed by atoms with E-state index in [1.54, 1.807) is 0 Å². The number of imidazole rings is 1. The molecule has 0 spiro atoms. The number of hydrogen-bond donors (Lipinski definition) is 1. The number of rotatable bonds is 5. The van der Waals surface area contributed by atoms with Gasteiger partial charge in [0.1, 0.15) is 5.82 Å². The Balaban J connectivity index is 1.66. The fraction of sp³-hybridized carbons (Fsp3) is 0.556. The van der Waals surface area contributed by atoms with E-state index in [-0.39, 0.29) is 11.8 Å². The van der Waals surface area contributed by atoms with Crippen molar-refractivity contribution < 1.29 is 4.79 Å². The molecule has 1 aromatic heterocycles. The SMILES string of the molecule is Cc1nc2cc(CCNC(=O)C3CCC3)ccc2n1C(C)C. The third-order valence-corrected chi connectivity index (χ3v) is 4.64. The van der Waals surface area contributed by atoms with Crippen molar-refractivity contribution in [1.29, 1.82) is 0 Å². The Morgan fingerprint density at radius 3 is 2.82 bits per heavy atom. The first kappa shape index (κ1) is 15.1. The van der Waals surface area contributed by atoms with Crippen LogP contribution in [0.1, 0.15) is 50.5 Å². The summed E-state index contributed by atoms with van der Waals surface area (Å²) < 4.78 is 2.26. The summed E-state index contributed by atoms with van der Waals surface area (Å²) in [6.45, 7) is 7.12. The first-order chi connectivity index (χ1) is 10.6. The van der Waals surface area contributed by atoms with Gasteiger partial charge in [0, 0.05) is 18.5 Å². The van der Waals surface area contributed by atoms with Gasteiger partial charge in [0.2, 0.25) is 5.91 Å². The zero-order valence-electron chi connectivity index (χ0n) is 13.7. The molecule has 0 saturated heterocycles. The molecule has 4 nitrogen and oxygen atoms in total. The van der Waals surface area contributed by atoms with E-state index in [1.165, 1.54) is 17.5 Å². The van der Waals surface area contributed by atoms with Gasteiger partial charge in [0.05, 0.1) is 11.0 Å². The van der Waals surface area contributed by atoms with Crippen molar-refractivity contribution >= 4 is 16.9 Å². The number of carbonyl (C=O) groups excluding carboxylic acids is 1. The molecule has 1 aromatic carbocycles. The van der Waals surface area contributed by atoms with Gasteiger partial charge in [-0.05, 0) is 57.7 Å². The lowest BCUT2D eigenvalue weighted by Gasteiger charge is -2.24. The Morgan fingerprint density at radius 1 is 1.41 bits per heavy atom. The second-order valence-corrected chi connectivity index (χ2v) is 6.61. The number of fused-ring (bicyclic) bond motifs is 1. The molecule has 22 heavy (non-hydrogen) atoms. The maximum absolute atomic E-state index is 11.8. The molecule has 1 fully saturated rings. The van der Waals surface area contributed by atoms with Crippen molar-refractivity contribution in [3.8, 4) is 0 Å². The van der Waals surface area contributed by atoms with Crippen LogP contribution >= 0.6 is 0 Å². The highest BCUT2D eigenvalue weighted by Gasteiger charge is 2.24. The zero-order chi connectivity index (χ0) is 15.7. The maximum atomic E-state index is 11.8. The molecule has 0 aliphatic heterocycles. The van der Waals surface area contributed by atoms with Crippen LogP contribution in [0.3, 0.4) is 0 Å². The fourth-order valence-corrected chi connectivity index (χ4v) is 3.22. The zero-order valence-corrected chi connectivity index (χ0v) is 13.7. The van der Waals surface area contributed by atoms with Crippen molar-refractivity contribution in [2.75, 3.05) is 6.54 Å². The smallest absolute Gasteiger partial charge is 0.223 e. The Bertz CT molecular complexity index is 683. The highest BCUT2D eigenvalue weighted by molar-refractivity contribution is 5.79. The summed E-state index contributed by atoms with van der Waals surface area (Å²) in [6, 6.07) is 6.87. The number of hydrogen-bond acceptors (Lipinski definition) is 2. The lowest BCUT2D eigenvalue weighted by molar-refractivity contribution is -0.127. The van der Waals surface area contributed by atoms with Crippen molar-refractivity contribution in [3.05, 3.63) is 29.6 Å². The van der Waals surface area contributed by atoms with E-state index in [0.717, 1.165) is 30.6 Å². The molecular formula is C18H25N3O. The van der Waals surface area contributed by atoms with Crippen LogP contribution in [-0.4, -0.2) is 22.0 Å². The molecule has 1 heterocycles. The lowest BCUT2D eigenvalue weighted by Crippen LogP contribution is -2.35. The van der Waals surface area contributed by atoms with Gasteiger partial charge in [-0.1, -0.05) is 12.5 Å². The van der Waals surface area contributed by atoms with E-state index < -0.39 is 0 Å². The predicted octanol–water partition coefficient (Wildman–Crippen LogP) is 3.38. The molecule has 1 aliphatic rings. The van der Waals surface area contributed by atoms with Crippen molar-refractivity contribution in [2.45, 2.75) is 52.5 Å². The molecule has 0 radical (unpaired) electrons. The summed E-state index contributed by atoms with van der Waals surface area (Å²) in [5.74, 6) is 1.56. The number of carbonyl (C=O) groups is 1. The number of nitrogens with one attached hydrogen (secondary N) is 1. The highest BCUT2D eigenvalue weighted by atomic mass is 16.1. The molecule has 3 rings (SSSR count). The monoisotopic (exact) mass is 299 g/mol. The summed E-state index contributed by atoms with van der Waals surface area (Å²) in [6.07, 6.45) is 4.18. The van der Waals surface area contributed by atoms with Crippen LogP contribution in [0.2, 0.25) is 0 Å². The van der Waals surface area contributed by atoms with Gasteiger partial charge < -0.3 is 9.88 Å². The summed E-state index contributed by atoms with van der Waals surface area (Å²) in [7, 11) is 0.